The van der Waals surface area contributed by atoms with Gasteiger partial charge in [0.1, 0.15) is 11.5 Å². The van der Waals surface area contributed by atoms with Gasteiger partial charge in [0.15, 0.2) is 0 Å². The highest BCUT2D eigenvalue weighted by atomic mass is 16.3. The number of aromatic nitrogens is 1. The number of pyridine rings is 1. The van der Waals surface area contributed by atoms with Crippen molar-refractivity contribution in [2.75, 3.05) is 0 Å². The van der Waals surface area contributed by atoms with E-state index in [1.807, 2.05) is 42.5 Å². The van der Waals surface area contributed by atoms with Crippen molar-refractivity contribution in [1.29, 1.82) is 0 Å². The third-order valence-corrected chi connectivity index (χ3v) is 4.59. The van der Waals surface area contributed by atoms with Crippen LogP contribution in [0.5, 0.6) is 11.5 Å². The molecule has 3 nitrogen and oxygen atoms in total. The minimum atomic E-state index is -0.112. The van der Waals surface area contributed by atoms with Gasteiger partial charge in [0.05, 0.1) is 11.6 Å². The first-order valence-electron chi connectivity index (χ1n) is 8.90. The van der Waals surface area contributed by atoms with Crippen molar-refractivity contribution in [1.82, 2.24) is 4.98 Å². The lowest BCUT2D eigenvalue weighted by atomic mass is 9.85. The lowest BCUT2D eigenvalue weighted by Crippen LogP contribution is -2.06. The summed E-state index contributed by atoms with van der Waals surface area (Å²) in [6, 6.07) is 17.1. The van der Waals surface area contributed by atoms with Crippen molar-refractivity contribution >= 4 is 0 Å². The zero-order valence-corrected chi connectivity index (χ0v) is 15.2. The molecule has 0 aliphatic rings. The molecule has 0 saturated heterocycles. The van der Waals surface area contributed by atoms with E-state index in [0.29, 0.717) is 12.8 Å². The summed E-state index contributed by atoms with van der Waals surface area (Å²) in [5.41, 5.74) is 4.61. The van der Waals surface area contributed by atoms with E-state index in [0.717, 1.165) is 27.9 Å². The molecule has 2 N–H and O–H groups in total. The summed E-state index contributed by atoms with van der Waals surface area (Å²) >= 11 is 0. The van der Waals surface area contributed by atoms with Crippen molar-refractivity contribution in [3.63, 3.8) is 0 Å². The fourth-order valence-electron chi connectivity index (χ4n) is 3.29. The molecule has 27 heavy (non-hydrogen) atoms. The number of hydrogen-bond acceptors (Lipinski definition) is 3. The monoisotopic (exact) mass is 357 g/mol. The van der Waals surface area contributed by atoms with Crippen LogP contribution in [0.2, 0.25) is 0 Å². The Morgan fingerprint density at radius 3 is 1.81 bits per heavy atom. The molecule has 0 spiro atoms. The van der Waals surface area contributed by atoms with Gasteiger partial charge >= 0.3 is 0 Å². The summed E-state index contributed by atoms with van der Waals surface area (Å²) in [6.45, 7) is 7.54. The van der Waals surface area contributed by atoms with Crippen LogP contribution >= 0.6 is 0 Å². The molecule has 0 atom stereocenters. The quantitative estimate of drug-likeness (QED) is 0.576. The van der Waals surface area contributed by atoms with Gasteiger partial charge < -0.3 is 10.2 Å². The maximum Gasteiger partial charge on any atom is 0.119 e. The summed E-state index contributed by atoms with van der Waals surface area (Å²) in [4.78, 5) is 4.56. The van der Waals surface area contributed by atoms with Gasteiger partial charge in [-0.2, -0.15) is 0 Å². The number of rotatable bonds is 7. The minimum Gasteiger partial charge on any atom is -0.508 e. The third-order valence-electron chi connectivity index (χ3n) is 4.59. The number of allylic oxidation sites excluding steroid dienone is 2. The largest absolute Gasteiger partial charge is 0.508 e. The van der Waals surface area contributed by atoms with Crippen LogP contribution < -0.4 is 0 Å². The van der Waals surface area contributed by atoms with E-state index >= 15 is 0 Å². The Hall–Kier alpha value is -3.33. The normalized spacial score (nSPS) is 10.7. The maximum atomic E-state index is 10.1. The van der Waals surface area contributed by atoms with Gasteiger partial charge in [-0.25, -0.2) is 0 Å². The lowest BCUT2D eigenvalue weighted by molar-refractivity contribution is 0.469. The standard InChI is InChI=1S/C24H23NO2/c1-3-7-17-15-19(10-12-22(17)26)24(21-9-5-6-14-25-21)20-11-13-23(27)18(16-20)8-4-2/h3-6,9-16,24,26-27H,1-2,7-8H2. The topological polar surface area (TPSA) is 53.4 Å². The lowest BCUT2D eigenvalue weighted by Gasteiger charge is -2.20. The van der Waals surface area contributed by atoms with Gasteiger partial charge in [0.2, 0.25) is 0 Å². The summed E-state index contributed by atoms with van der Waals surface area (Å²) in [5, 5.41) is 20.3. The van der Waals surface area contributed by atoms with Gasteiger partial charge in [0.25, 0.3) is 0 Å². The molecule has 0 aliphatic heterocycles. The molecule has 0 unspecified atom stereocenters. The van der Waals surface area contributed by atoms with Crippen molar-refractivity contribution in [2.45, 2.75) is 18.8 Å². The summed E-state index contributed by atoms with van der Waals surface area (Å²) in [7, 11) is 0. The Morgan fingerprint density at radius 1 is 0.815 bits per heavy atom. The molecule has 0 fully saturated rings. The Kier molecular flexibility index (Phi) is 5.72. The van der Waals surface area contributed by atoms with Gasteiger partial charge in [0, 0.05) is 6.20 Å². The van der Waals surface area contributed by atoms with E-state index in [4.69, 9.17) is 0 Å². The molecule has 0 saturated carbocycles. The van der Waals surface area contributed by atoms with Crippen molar-refractivity contribution in [2.24, 2.45) is 0 Å². The second-order valence-electron chi connectivity index (χ2n) is 6.45. The molecule has 136 valence electrons. The van der Waals surface area contributed by atoms with Crippen molar-refractivity contribution in [3.8, 4) is 11.5 Å². The number of nitrogens with zero attached hydrogens (tertiary/aromatic N) is 1. The van der Waals surface area contributed by atoms with Crippen LogP contribution in [0.3, 0.4) is 0 Å². The van der Waals surface area contributed by atoms with E-state index in [2.05, 4.69) is 18.1 Å². The highest BCUT2D eigenvalue weighted by molar-refractivity contribution is 5.48. The fourth-order valence-corrected chi connectivity index (χ4v) is 3.29. The van der Waals surface area contributed by atoms with Crippen LogP contribution in [0.25, 0.3) is 0 Å². The van der Waals surface area contributed by atoms with Gasteiger partial charge in [-0.05, 0) is 59.4 Å². The zero-order valence-electron chi connectivity index (χ0n) is 15.2. The second-order valence-corrected chi connectivity index (χ2v) is 6.45. The smallest absolute Gasteiger partial charge is 0.119 e. The molecular formula is C24H23NO2. The molecule has 0 aliphatic carbocycles. The Morgan fingerprint density at radius 2 is 1.37 bits per heavy atom. The molecule has 3 rings (SSSR count). The van der Waals surface area contributed by atoms with E-state index < -0.39 is 0 Å². The highest BCUT2D eigenvalue weighted by Gasteiger charge is 2.20. The van der Waals surface area contributed by atoms with Crippen LogP contribution in [0, 0.1) is 0 Å². The SMILES string of the molecule is C=CCc1cc(C(c2ccc(O)c(CC=C)c2)c2ccccn2)ccc1O. The Balaban J connectivity index is 2.16. The molecule has 1 aromatic heterocycles. The summed E-state index contributed by atoms with van der Waals surface area (Å²) in [5.74, 6) is 0.410. The summed E-state index contributed by atoms with van der Waals surface area (Å²) < 4.78 is 0. The van der Waals surface area contributed by atoms with Crippen LogP contribution in [0.1, 0.15) is 33.9 Å². The van der Waals surface area contributed by atoms with Crippen LogP contribution in [-0.4, -0.2) is 15.2 Å². The van der Waals surface area contributed by atoms with E-state index in [1.165, 1.54) is 0 Å². The first-order chi connectivity index (χ1) is 13.1. The van der Waals surface area contributed by atoms with Crippen molar-refractivity contribution < 1.29 is 10.2 Å². The van der Waals surface area contributed by atoms with Gasteiger partial charge in [-0.3, -0.25) is 4.98 Å². The molecule has 0 amide bonds. The molecule has 3 heteroatoms. The molecular weight excluding hydrogens is 334 g/mol. The van der Waals surface area contributed by atoms with Crippen LogP contribution in [-0.2, 0) is 12.8 Å². The average Bonchev–Trinajstić information content (AvgIpc) is 2.68. The molecule has 2 aromatic carbocycles. The van der Waals surface area contributed by atoms with Gasteiger partial charge in [-0.1, -0.05) is 42.5 Å². The van der Waals surface area contributed by atoms with Crippen LogP contribution in [0.4, 0.5) is 0 Å². The van der Waals surface area contributed by atoms with E-state index in [9.17, 15) is 10.2 Å². The van der Waals surface area contributed by atoms with E-state index in [1.54, 1.807) is 30.5 Å². The number of phenols is 2. The predicted octanol–water partition coefficient (Wildman–Crippen LogP) is 5.13. The Bertz CT molecular complexity index is 888. The van der Waals surface area contributed by atoms with Crippen molar-refractivity contribution in [3.05, 3.63) is 114 Å². The fraction of sp³-hybridized carbons (Fsp3) is 0.125. The number of hydrogen-bond donors (Lipinski definition) is 2. The molecule has 0 radical (unpaired) electrons. The number of aromatic hydroxyl groups is 2. The summed E-state index contributed by atoms with van der Waals surface area (Å²) in [6.07, 6.45) is 6.50. The minimum absolute atomic E-state index is 0.112. The third kappa shape index (κ3) is 4.09. The van der Waals surface area contributed by atoms with Gasteiger partial charge in [-0.15, -0.1) is 13.2 Å². The molecule has 3 aromatic rings. The van der Waals surface area contributed by atoms with E-state index in [-0.39, 0.29) is 17.4 Å². The number of benzene rings is 2. The molecule has 1 heterocycles. The first kappa shape index (κ1) is 18.5. The second kappa shape index (κ2) is 8.37. The maximum absolute atomic E-state index is 10.1. The predicted molar refractivity (Wildman–Crippen MR) is 109 cm³/mol. The molecule has 0 bridgehead atoms. The highest BCUT2D eigenvalue weighted by Crippen LogP contribution is 2.35. The first-order valence-corrected chi connectivity index (χ1v) is 8.90. The average molecular weight is 357 g/mol. The van der Waals surface area contributed by atoms with Crippen LogP contribution in [0.15, 0.2) is 86.1 Å². The number of phenolic OH excluding ortho intramolecular Hbond substituents is 2. The zero-order chi connectivity index (χ0) is 19.2. The Labute approximate surface area is 160 Å².